The fraction of sp³-hybridized carbons (Fsp3) is 0.515. The Morgan fingerprint density at radius 3 is 2.36 bits per heavy atom. The summed E-state index contributed by atoms with van der Waals surface area (Å²) in [4.78, 5) is 43.4. The lowest BCUT2D eigenvalue weighted by Gasteiger charge is -2.54. The van der Waals surface area contributed by atoms with E-state index in [9.17, 15) is 39.9 Å². The second-order valence-corrected chi connectivity index (χ2v) is 14.9. The fourth-order valence-corrected chi connectivity index (χ4v) is 10.9. The number of aromatic nitrogens is 1. The van der Waals surface area contributed by atoms with Crippen LogP contribution in [0.5, 0.6) is 5.75 Å². The number of rotatable bonds is 4. The van der Waals surface area contributed by atoms with Crippen LogP contribution < -0.4 is 11.1 Å². The molecule has 0 unspecified atom stereocenters. The Labute approximate surface area is 262 Å². The van der Waals surface area contributed by atoms with E-state index < -0.39 is 76.0 Å². The van der Waals surface area contributed by atoms with Gasteiger partial charge in [0.15, 0.2) is 16.5 Å². The topological polar surface area (TPSA) is 203 Å². The summed E-state index contributed by atoms with van der Waals surface area (Å²) in [6, 6.07) is 3.34. The second-order valence-electron chi connectivity index (χ2n) is 14.1. The average molecular weight is 634 g/mol. The largest absolute Gasteiger partial charge is 0.508 e. The maximum absolute atomic E-state index is 13.9. The number of fused-ring (bicyclic) bond motifs is 3. The van der Waals surface area contributed by atoms with Gasteiger partial charge < -0.3 is 36.6 Å². The van der Waals surface area contributed by atoms with Gasteiger partial charge in [0.05, 0.1) is 23.0 Å². The van der Waals surface area contributed by atoms with Gasteiger partial charge in [-0.3, -0.25) is 14.4 Å². The van der Waals surface area contributed by atoms with Crippen molar-refractivity contribution in [2.75, 3.05) is 5.32 Å². The summed E-state index contributed by atoms with van der Waals surface area (Å²) < 4.78 is 0. The lowest BCUT2D eigenvalue weighted by atomic mass is 9.51. The molecule has 1 amide bonds. The van der Waals surface area contributed by atoms with Crippen molar-refractivity contribution in [3.05, 3.63) is 51.2 Å². The van der Waals surface area contributed by atoms with Crippen molar-refractivity contribution in [2.45, 2.75) is 69.0 Å². The summed E-state index contributed by atoms with van der Waals surface area (Å²) in [6.07, 6.45) is 4.29. The molecule has 7 aliphatic carbocycles. The van der Waals surface area contributed by atoms with Crippen molar-refractivity contribution in [2.24, 2.45) is 41.2 Å². The molecule has 1 heterocycles. The van der Waals surface area contributed by atoms with E-state index in [1.54, 1.807) is 19.1 Å². The summed E-state index contributed by atoms with van der Waals surface area (Å²) in [5, 5.41) is 62.6. The zero-order chi connectivity index (χ0) is 31.7. The van der Waals surface area contributed by atoms with Crippen LogP contribution in [0.4, 0.5) is 10.8 Å². The lowest BCUT2D eigenvalue weighted by Crippen LogP contribution is -2.63. The number of amides is 1. The molecule has 5 fully saturated rings. The van der Waals surface area contributed by atoms with Crippen LogP contribution in [0.15, 0.2) is 34.4 Å². The first-order valence-corrected chi connectivity index (χ1v) is 16.5. The highest BCUT2D eigenvalue weighted by atomic mass is 32.1. The van der Waals surface area contributed by atoms with Crippen molar-refractivity contribution >= 4 is 45.4 Å². The molecule has 45 heavy (non-hydrogen) atoms. The van der Waals surface area contributed by atoms with Gasteiger partial charge in [-0.05, 0) is 73.3 Å². The number of nitrogens with one attached hydrogen (secondary N) is 1. The number of hydrogen-bond donors (Lipinski definition) is 7. The van der Waals surface area contributed by atoms with E-state index in [2.05, 4.69) is 10.7 Å². The quantitative estimate of drug-likeness (QED) is 0.192. The Kier molecular flexibility index (Phi) is 6.15. The maximum Gasteiger partial charge on any atom is 0.255 e. The summed E-state index contributed by atoms with van der Waals surface area (Å²) in [7, 11) is 0. The van der Waals surface area contributed by atoms with Gasteiger partial charge in [-0.2, -0.15) is 0 Å². The number of phenols is 1. The molecule has 1 aromatic heterocycles. The van der Waals surface area contributed by atoms with Crippen LogP contribution >= 0.6 is 11.3 Å². The van der Waals surface area contributed by atoms with Crippen molar-refractivity contribution in [3.63, 3.8) is 0 Å². The van der Waals surface area contributed by atoms with Gasteiger partial charge >= 0.3 is 0 Å². The monoisotopic (exact) mass is 633 g/mol. The number of carbonyl (C=O) groups is 3. The first-order valence-electron chi connectivity index (χ1n) is 15.6. The average Bonchev–Trinajstić information content (AvgIpc) is 3.43. The van der Waals surface area contributed by atoms with E-state index in [4.69, 9.17) is 10.7 Å². The number of benzene rings is 1. The summed E-state index contributed by atoms with van der Waals surface area (Å²) in [5.74, 6) is -5.34. The van der Waals surface area contributed by atoms with Gasteiger partial charge in [-0.25, -0.2) is 4.98 Å². The molecule has 12 heteroatoms. The van der Waals surface area contributed by atoms with Gasteiger partial charge in [0.2, 0.25) is 5.78 Å². The molecule has 0 aliphatic heterocycles. The molecule has 11 nitrogen and oxygen atoms in total. The van der Waals surface area contributed by atoms with Crippen LogP contribution in [0.2, 0.25) is 0 Å². The van der Waals surface area contributed by atoms with Crippen LogP contribution in [-0.2, 0) is 14.4 Å². The summed E-state index contributed by atoms with van der Waals surface area (Å²) in [5.41, 5.74) is 2.80. The molecule has 5 saturated carbocycles. The molecule has 8 N–H and O–H groups in total. The highest BCUT2D eigenvalue weighted by molar-refractivity contribution is 7.13. The molecule has 0 radical (unpaired) electrons. The Hall–Kier alpha value is -3.74. The number of aliphatic hydroxyl groups excluding tert-OH is 3. The molecule has 236 valence electrons. The third-order valence-electron chi connectivity index (χ3n) is 11.8. The number of carbonyl (C=O) groups excluding carboxylic acids is 3. The van der Waals surface area contributed by atoms with Crippen LogP contribution in [-0.4, -0.2) is 59.7 Å². The van der Waals surface area contributed by atoms with E-state index >= 15 is 0 Å². The van der Waals surface area contributed by atoms with Crippen molar-refractivity contribution < 1.29 is 39.9 Å². The van der Waals surface area contributed by atoms with E-state index in [1.165, 1.54) is 43.4 Å². The number of nitrogens with zero attached hydrogens (tertiary/aromatic N) is 1. The maximum atomic E-state index is 13.9. The molecule has 1 aromatic carbocycles. The molecule has 2 aromatic rings. The van der Waals surface area contributed by atoms with Gasteiger partial charge in [0.25, 0.3) is 5.91 Å². The highest BCUT2D eigenvalue weighted by Crippen LogP contribution is 2.60. The molecule has 5 atom stereocenters. The number of Topliss-reactive ketones (excluding diaryl/α,β-unsaturated/α-hetero) is 2. The summed E-state index contributed by atoms with van der Waals surface area (Å²) in [6.45, 7) is 1.70. The third-order valence-corrected chi connectivity index (χ3v) is 12.6. The highest BCUT2D eigenvalue weighted by Gasteiger charge is 2.65. The van der Waals surface area contributed by atoms with E-state index in [1.807, 2.05) is 0 Å². The Morgan fingerprint density at radius 2 is 1.71 bits per heavy atom. The van der Waals surface area contributed by atoms with Crippen molar-refractivity contribution in [1.29, 1.82) is 0 Å². The number of primary amides is 1. The number of aliphatic hydroxyl groups is 4. The minimum Gasteiger partial charge on any atom is -0.508 e. The first kappa shape index (κ1) is 28.7. The Morgan fingerprint density at radius 1 is 1.04 bits per heavy atom. The number of nitrogens with two attached hydrogens (primary N) is 1. The molecule has 4 bridgehead atoms. The Balaban J connectivity index is 1.15. The number of phenolic OH excluding ortho intramolecular Hbond substituents is 1. The number of anilines is 2. The first-order chi connectivity index (χ1) is 21.4. The number of thiazole rings is 1. The minimum atomic E-state index is -2.87. The Bertz CT molecular complexity index is 1730. The molecular formula is C33H35N3O8S. The molecular weight excluding hydrogens is 598 g/mol. The van der Waals surface area contributed by atoms with Crippen molar-refractivity contribution in [1.82, 2.24) is 4.98 Å². The second kappa shape index (κ2) is 9.63. The summed E-state index contributed by atoms with van der Waals surface area (Å²) >= 11 is 1.44. The van der Waals surface area contributed by atoms with Gasteiger partial charge in [-0.1, -0.05) is 13.0 Å². The van der Waals surface area contributed by atoms with E-state index in [-0.39, 0.29) is 17.0 Å². The predicted molar refractivity (Wildman–Crippen MR) is 163 cm³/mol. The zero-order valence-electron chi connectivity index (χ0n) is 24.6. The van der Waals surface area contributed by atoms with E-state index in [0.717, 1.165) is 17.5 Å². The van der Waals surface area contributed by atoms with E-state index in [0.29, 0.717) is 28.4 Å². The van der Waals surface area contributed by atoms with Crippen LogP contribution in [0.25, 0.3) is 5.76 Å². The standard InChI is InChI=1S/C33H35N3O8S/c1-11-16-2-3-18(35-32-36-19(10-45-32)22-14-5-12-4-13(7-14)8-15(22)6-12)27(39)23(16)28(40)25-21(11)26(38)17-9-20(37)24(31(34)43)29(41)33(17,44)30(25)42/h2-3,10-15,17,21-22,26,38-41,44H,4-9H2,1H3,(H2,34,43)(H,35,36)/t11-,12?,13?,14?,15?,17+,21+,22?,26+,33+/m0/s1. The third kappa shape index (κ3) is 3.82. The van der Waals surface area contributed by atoms with Crippen LogP contribution in [0.3, 0.4) is 0 Å². The SMILES string of the molecule is C[C@H]1c2ccc(Nc3nc(C4C5CC6CC(C5)CC4C6)cs3)c(O)c2C(O)=C2C(=O)[C@]3(O)C(O)=C(C(N)=O)C(=O)C[C@@H]3[C@@H](O)[C@@H]21. The van der Waals surface area contributed by atoms with Crippen molar-refractivity contribution in [3.8, 4) is 5.75 Å². The number of ketones is 2. The number of aromatic hydroxyl groups is 1. The van der Waals surface area contributed by atoms with Gasteiger partial charge in [0, 0.05) is 35.1 Å². The van der Waals surface area contributed by atoms with Crippen LogP contribution in [0, 0.1) is 35.5 Å². The van der Waals surface area contributed by atoms with Gasteiger partial charge in [-0.15, -0.1) is 11.3 Å². The molecule has 0 saturated heterocycles. The van der Waals surface area contributed by atoms with Crippen LogP contribution in [0.1, 0.15) is 74.1 Å². The predicted octanol–water partition coefficient (Wildman–Crippen LogP) is 3.70. The number of hydrogen-bond acceptors (Lipinski definition) is 11. The zero-order valence-corrected chi connectivity index (χ0v) is 25.4. The molecule has 9 rings (SSSR count). The molecule has 0 spiro atoms. The lowest BCUT2D eigenvalue weighted by molar-refractivity contribution is -0.160. The van der Waals surface area contributed by atoms with Gasteiger partial charge in [0.1, 0.15) is 22.8 Å². The minimum absolute atomic E-state index is 0.0513. The molecule has 7 aliphatic rings. The smallest absolute Gasteiger partial charge is 0.255 e. The fourth-order valence-electron chi connectivity index (χ4n) is 10.1. The normalized spacial score (nSPS) is 38.2.